The molecule has 0 aliphatic carbocycles. The average molecular weight is 327 g/mol. The van der Waals surface area contributed by atoms with Crippen molar-refractivity contribution < 1.29 is 14.6 Å². The highest BCUT2D eigenvalue weighted by Crippen LogP contribution is 2.35. The van der Waals surface area contributed by atoms with Crippen molar-refractivity contribution in [3.63, 3.8) is 0 Å². The van der Waals surface area contributed by atoms with Gasteiger partial charge >= 0.3 is 0 Å². The van der Waals surface area contributed by atoms with E-state index in [0.29, 0.717) is 19.7 Å². The number of hydrogen-bond donors (Lipinski definition) is 2. The van der Waals surface area contributed by atoms with E-state index in [1.165, 1.54) is 5.56 Å². The fraction of sp³-hybridized carbons (Fsp3) is 0.400. The zero-order valence-electron chi connectivity index (χ0n) is 14.3. The van der Waals surface area contributed by atoms with Crippen LogP contribution in [0.2, 0.25) is 0 Å². The molecule has 1 heterocycles. The summed E-state index contributed by atoms with van der Waals surface area (Å²) in [4.78, 5) is 0. The Morgan fingerprint density at radius 2 is 1.92 bits per heavy atom. The Hall–Kier alpha value is -2.04. The molecule has 4 nitrogen and oxygen atoms in total. The smallest absolute Gasteiger partial charge is 0.124 e. The summed E-state index contributed by atoms with van der Waals surface area (Å²) in [6.07, 6.45) is 1.17. The van der Waals surface area contributed by atoms with E-state index in [1.54, 1.807) is 0 Å². The van der Waals surface area contributed by atoms with E-state index in [9.17, 15) is 5.11 Å². The van der Waals surface area contributed by atoms with Gasteiger partial charge in [-0.05, 0) is 37.1 Å². The molecule has 0 aromatic heterocycles. The van der Waals surface area contributed by atoms with Crippen molar-refractivity contribution in [3.05, 3.63) is 58.7 Å². The Morgan fingerprint density at radius 1 is 1.17 bits per heavy atom. The van der Waals surface area contributed by atoms with Gasteiger partial charge in [-0.2, -0.15) is 0 Å². The number of aliphatic hydroxyl groups excluding tert-OH is 1. The van der Waals surface area contributed by atoms with Crippen molar-refractivity contribution in [2.45, 2.75) is 46.1 Å². The molecule has 4 heteroatoms. The minimum absolute atomic E-state index is 0.0621. The lowest BCUT2D eigenvalue weighted by Gasteiger charge is -2.14. The van der Waals surface area contributed by atoms with E-state index < -0.39 is 0 Å². The summed E-state index contributed by atoms with van der Waals surface area (Å²) in [5.41, 5.74) is 4.40. The zero-order chi connectivity index (χ0) is 16.9. The number of rotatable bonds is 7. The first kappa shape index (κ1) is 16.8. The van der Waals surface area contributed by atoms with Gasteiger partial charge in [-0.25, -0.2) is 0 Å². The van der Waals surface area contributed by atoms with Crippen LogP contribution in [0.25, 0.3) is 0 Å². The molecule has 0 fully saturated rings. The molecule has 24 heavy (non-hydrogen) atoms. The van der Waals surface area contributed by atoms with Crippen LogP contribution in [-0.4, -0.2) is 17.8 Å². The molecule has 1 unspecified atom stereocenters. The van der Waals surface area contributed by atoms with Gasteiger partial charge in [0, 0.05) is 30.6 Å². The molecule has 2 aromatic carbocycles. The highest BCUT2D eigenvalue weighted by atomic mass is 16.5. The molecule has 0 amide bonds. The van der Waals surface area contributed by atoms with E-state index in [1.807, 2.05) is 31.2 Å². The number of fused-ring (bicyclic) bond motifs is 1. The summed E-state index contributed by atoms with van der Waals surface area (Å²) in [5, 5.41) is 12.9. The first-order valence-corrected chi connectivity index (χ1v) is 8.54. The van der Waals surface area contributed by atoms with Crippen LogP contribution in [0.3, 0.4) is 0 Å². The molecule has 0 spiro atoms. The molecular formula is C20H25NO3. The van der Waals surface area contributed by atoms with Crippen molar-refractivity contribution in [3.8, 4) is 11.5 Å². The van der Waals surface area contributed by atoms with Crippen LogP contribution >= 0.6 is 0 Å². The Balaban J connectivity index is 1.71. The maximum atomic E-state index is 9.42. The molecule has 2 aromatic rings. The van der Waals surface area contributed by atoms with E-state index >= 15 is 0 Å². The predicted molar refractivity (Wildman–Crippen MR) is 94.3 cm³/mol. The van der Waals surface area contributed by atoms with Gasteiger partial charge in [0.05, 0.1) is 13.2 Å². The second-order valence-corrected chi connectivity index (χ2v) is 6.16. The van der Waals surface area contributed by atoms with Crippen LogP contribution < -0.4 is 14.8 Å². The van der Waals surface area contributed by atoms with E-state index in [0.717, 1.165) is 34.6 Å². The number of ether oxygens (including phenoxy) is 2. The van der Waals surface area contributed by atoms with Crippen molar-refractivity contribution in [1.29, 1.82) is 0 Å². The third kappa shape index (κ3) is 3.71. The van der Waals surface area contributed by atoms with Crippen LogP contribution in [0.15, 0.2) is 36.4 Å². The van der Waals surface area contributed by atoms with Gasteiger partial charge in [0.15, 0.2) is 0 Å². The third-order valence-electron chi connectivity index (χ3n) is 4.30. The lowest BCUT2D eigenvalue weighted by atomic mass is 10.1. The highest BCUT2D eigenvalue weighted by molar-refractivity contribution is 5.48. The van der Waals surface area contributed by atoms with Gasteiger partial charge < -0.3 is 19.9 Å². The van der Waals surface area contributed by atoms with E-state index in [2.05, 4.69) is 24.4 Å². The minimum atomic E-state index is 0.0621. The largest absolute Gasteiger partial charge is 0.494 e. The molecule has 0 saturated heterocycles. The number of nitrogens with one attached hydrogen (secondary N) is 1. The van der Waals surface area contributed by atoms with Crippen molar-refractivity contribution in [2.75, 3.05) is 6.61 Å². The summed E-state index contributed by atoms with van der Waals surface area (Å²) < 4.78 is 11.7. The quantitative estimate of drug-likeness (QED) is 0.820. The maximum Gasteiger partial charge on any atom is 0.124 e. The molecule has 0 bridgehead atoms. The lowest BCUT2D eigenvalue weighted by molar-refractivity contribution is 0.254. The standard InChI is InChI=1S/C20H25NO3/c1-3-23-19-9-17-8-14(2)24-20(17)10-18(19)12-21-11-15-6-4-5-7-16(15)13-22/h4-7,9-10,14,21-22H,3,8,11-13H2,1-2H3. The first-order valence-electron chi connectivity index (χ1n) is 8.54. The number of hydrogen-bond acceptors (Lipinski definition) is 4. The fourth-order valence-electron chi connectivity index (χ4n) is 3.13. The Kier molecular flexibility index (Phi) is 5.38. The highest BCUT2D eigenvalue weighted by Gasteiger charge is 2.21. The van der Waals surface area contributed by atoms with E-state index in [-0.39, 0.29) is 12.7 Å². The van der Waals surface area contributed by atoms with Crippen LogP contribution in [0.1, 0.15) is 36.1 Å². The first-order chi connectivity index (χ1) is 11.7. The summed E-state index contributed by atoms with van der Waals surface area (Å²) in [7, 11) is 0. The maximum absolute atomic E-state index is 9.42. The molecule has 128 valence electrons. The van der Waals surface area contributed by atoms with E-state index in [4.69, 9.17) is 9.47 Å². The van der Waals surface area contributed by atoms with Crippen LogP contribution in [-0.2, 0) is 26.1 Å². The molecular weight excluding hydrogens is 302 g/mol. The lowest BCUT2D eigenvalue weighted by Crippen LogP contribution is -2.15. The zero-order valence-corrected chi connectivity index (χ0v) is 14.3. The van der Waals surface area contributed by atoms with Crippen molar-refractivity contribution in [1.82, 2.24) is 5.32 Å². The summed E-state index contributed by atoms with van der Waals surface area (Å²) in [6, 6.07) is 12.1. The fourth-order valence-corrected chi connectivity index (χ4v) is 3.13. The summed E-state index contributed by atoms with van der Waals surface area (Å²) in [6.45, 7) is 6.20. The molecule has 0 saturated carbocycles. The second-order valence-electron chi connectivity index (χ2n) is 6.16. The Morgan fingerprint density at radius 3 is 2.67 bits per heavy atom. The minimum Gasteiger partial charge on any atom is -0.494 e. The van der Waals surface area contributed by atoms with Crippen LogP contribution in [0.4, 0.5) is 0 Å². The normalized spacial score (nSPS) is 15.9. The van der Waals surface area contributed by atoms with Gasteiger partial charge in [0.1, 0.15) is 17.6 Å². The Labute approximate surface area is 143 Å². The summed E-state index contributed by atoms with van der Waals surface area (Å²) in [5.74, 6) is 1.90. The molecule has 0 radical (unpaired) electrons. The topological polar surface area (TPSA) is 50.7 Å². The van der Waals surface area contributed by atoms with Crippen LogP contribution in [0.5, 0.6) is 11.5 Å². The SMILES string of the molecule is CCOc1cc2c(cc1CNCc1ccccc1CO)OC(C)C2. The van der Waals surface area contributed by atoms with Gasteiger partial charge in [-0.1, -0.05) is 24.3 Å². The Bertz CT molecular complexity index is 699. The summed E-state index contributed by atoms with van der Waals surface area (Å²) >= 11 is 0. The van der Waals surface area contributed by atoms with Gasteiger partial charge in [0.2, 0.25) is 0 Å². The van der Waals surface area contributed by atoms with Crippen LogP contribution in [0, 0.1) is 0 Å². The van der Waals surface area contributed by atoms with Crippen molar-refractivity contribution >= 4 is 0 Å². The predicted octanol–water partition coefficient (Wildman–Crippen LogP) is 3.19. The van der Waals surface area contributed by atoms with Crippen molar-refractivity contribution in [2.24, 2.45) is 0 Å². The number of benzene rings is 2. The number of aliphatic hydroxyl groups is 1. The van der Waals surface area contributed by atoms with Gasteiger partial charge in [-0.15, -0.1) is 0 Å². The molecule has 1 aliphatic heterocycles. The van der Waals surface area contributed by atoms with Gasteiger partial charge in [-0.3, -0.25) is 0 Å². The second kappa shape index (κ2) is 7.69. The monoisotopic (exact) mass is 327 g/mol. The van der Waals surface area contributed by atoms with Gasteiger partial charge in [0.25, 0.3) is 0 Å². The molecule has 3 rings (SSSR count). The molecule has 2 N–H and O–H groups in total. The molecule has 1 aliphatic rings. The average Bonchev–Trinajstić information content (AvgIpc) is 2.94. The molecule has 1 atom stereocenters. The third-order valence-corrected chi connectivity index (χ3v) is 4.30.